The summed E-state index contributed by atoms with van der Waals surface area (Å²) in [6.07, 6.45) is 4.64. The second kappa shape index (κ2) is 6.49. The van der Waals surface area contributed by atoms with Gasteiger partial charge in [-0.15, -0.1) is 11.3 Å². The number of rotatable bonds is 6. The third-order valence-electron chi connectivity index (χ3n) is 3.07. The molecule has 0 aliphatic rings. The van der Waals surface area contributed by atoms with Crippen molar-refractivity contribution in [1.82, 2.24) is 15.0 Å². The Kier molecular flexibility index (Phi) is 4.25. The summed E-state index contributed by atoms with van der Waals surface area (Å²) in [7, 11) is 0. The number of nitrogens with zero attached hydrogens (tertiary/aromatic N) is 3. The van der Waals surface area contributed by atoms with Crippen molar-refractivity contribution in [2.24, 2.45) is 0 Å². The fourth-order valence-corrected chi connectivity index (χ4v) is 2.76. The Morgan fingerprint density at radius 1 is 1.10 bits per heavy atom. The second-order valence-electron chi connectivity index (χ2n) is 4.67. The van der Waals surface area contributed by atoms with E-state index in [2.05, 4.69) is 38.6 Å². The third-order valence-corrected chi connectivity index (χ3v) is 3.87. The predicted octanol–water partition coefficient (Wildman–Crippen LogP) is 3.52. The number of hydrogen-bond donors (Lipinski definition) is 2. The molecule has 3 rings (SSSR count). The Morgan fingerprint density at radius 2 is 1.95 bits per heavy atom. The highest BCUT2D eigenvalue weighted by Crippen LogP contribution is 2.26. The van der Waals surface area contributed by atoms with E-state index in [-0.39, 0.29) is 0 Å². The van der Waals surface area contributed by atoms with Crippen LogP contribution >= 0.6 is 11.3 Å². The normalized spacial score (nSPS) is 10.7. The molecule has 0 saturated carbocycles. The minimum absolute atomic E-state index is 0.684. The van der Waals surface area contributed by atoms with Gasteiger partial charge in [0, 0.05) is 25.5 Å². The molecule has 0 aliphatic carbocycles. The van der Waals surface area contributed by atoms with Crippen molar-refractivity contribution in [1.29, 1.82) is 0 Å². The molecular formula is C15H17N5S. The zero-order valence-corrected chi connectivity index (χ0v) is 12.7. The first-order chi connectivity index (χ1) is 10.4. The van der Waals surface area contributed by atoms with Gasteiger partial charge in [-0.05, 0) is 35.6 Å². The molecule has 3 heterocycles. The number of fused-ring (bicyclic) bond motifs is 1. The summed E-state index contributed by atoms with van der Waals surface area (Å²) in [6.45, 7) is 3.72. The Balaban J connectivity index is 1.83. The van der Waals surface area contributed by atoms with Crippen molar-refractivity contribution >= 4 is 33.3 Å². The predicted molar refractivity (Wildman–Crippen MR) is 87.8 cm³/mol. The van der Waals surface area contributed by atoms with Crippen LogP contribution in [0.1, 0.15) is 18.9 Å². The van der Waals surface area contributed by atoms with Crippen LogP contribution in [0.5, 0.6) is 0 Å². The average Bonchev–Trinajstić information content (AvgIpc) is 3.00. The summed E-state index contributed by atoms with van der Waals surface area (Å²) in [5.41, 5.74) is 1.18. The van der Waals surface area contributed by atoms with Crippen molar-refractivity contribution in [2.75, 3.05) is 17.2 Å². The third kappa shape index (κ3) is 3.28. The van der Waals surface area contributed by atoms with E-state index in [1.165, 1.54) is 5.56 Å². The van der Waals surface area contributed by atoms with Crippen molar-refractivity contribution in [3.63, 3.8) is 0 Å². The molecule has 21 heavy (non-hydrogen) atoms. The van der Waals surface area contributed by atoms with Gasteiger partial charge in [-0.1, -0.05) is 6.92 Å². The molecule has 0 radical (unpaired) electrons. The lowest BCUT2D eigenvalue weighted by Gasteiger charge is -2.09. The monoisotopic (exact) mass is 299 g/mol. The lowest BCUT2D eigenvalue weighted by atomic mass is 10.2. The smallest absolute Gasteiger partial charge is 0.226 e. The minimum Gasteiger partial charge on any atom is -0.365 e. The summed E-state index contributed by atoms with van der Waals surface area (Å²) < 4.78 is 0. The largest absolute Gasteiger partial charge is 0.365 e. The molecule has 0 aromatic carbocycles. The SMILES string of the molecule is CCCNc1nc(NCc2ccncc2)c2ccsc2n1. The van der Waals surface area contributed by atoms with Crippen LogP contribution in [0.3, 0.4) is 0 Å². The topological polar surface area (TPSA) is 62.7 Å². The van der Waals surface area contributed by atoms with E-state index in [1.54, 1.807) is 23.7 Å². The number of pyridine rings is 1. The van der Waals surface area contributed by atoms with Crippen molar-refractivity contribution in [3.8, 4) is 0 Å². The lowest BCUT2D eigenvalue weighted by molar-refractivity contribution is 0.956. The van der Waals surface area contributed by atoms with Gasteiger partial charge in [-0.25, -0.2) is 4.98 Å². The number of thiophene rings is 1. The van der Waals surface area contributed by atoms with Crippen LogP contribution in [0.15, 0.2) is 36.0 Å². The molecule has 0 unspecified atom stereocenters. The van der Waals surface area contributed by atoms with E-state index in [9.17, 15) is 0 Å². The fraction of sp³-hybridized carbons (Fsp3) is 0.267. The molecule has 0 bridgehead atoms. The van der Waals surface area contributed by atoms with Gasteiger partial charge in [0.2, 0.25) is 5.95 Å². The van der Waals surface area contributed by atoms with Crippen LogP contribution in [0, 0.1) is 0 Å². The zero-order valence-electron chi connectivity index (χ0n) is 11.8. The number of nitrogens with one attached hydrogen (secondary N) is 2. The molecular weight excluding hydrogens is 282 g/mol. The molecule has 0 fully saturated rings. The average molecular weight is 299 g/mol. The maximum atomic E-state index is 4.58. The Bertz CT molecular complexity index is 710. The van der Waals surface area contributed by atoms with Crippen LogP contribution in [0.4, 0.5) is 11.8 Å². The second-order valence-corrected chi connectivity index (χ2v) is 5.57. The molecule has 0 spiro atoms. The first-order valence-electron chi connectivity index (χ1n) is 6.98. The van der Waals surface area contributed by atoms with E-state index < -0.39 is 0 Å². The van der Waals surface area contributed by atoms with E-state index >= 15 is 0 Å². The highest BCUT2D eigenvalue weighted by atomic mass is 32.1. The summed E-state index contributed by atoms with van der Waals surface area (Å²) in [5.74, 6) is 1.56. The molecule has 2 N–H and O–H groups in total. The molecule has 3 aromatic rings. The number of aromatic nitrogens is 3. The van der Waals surface area contributed by atoms with Gasteiger partial charge in [0.15, 0.2) is 0 Å². The molecule has 0 amide bonds. The van der Waals surface area contributed by atoms with Gasteiger partial charge in [-0.3, -0.25) is 4.98 Å². The van der Waals surface area contributed by atoms with Gasteiger partial charge >= 0.3 is 0 Å². The highest BCUT2D eigenvalue weighted by molar-refractivity contribution is 7.16. The summed E-state index contributed by atoms with van der Waals surface area (Å²) in [6, 6.07) is 6.04. The van der Waals surface area contributed by atoms with Crippen LogP contribution in [0.2, 0.25) is 0 Å². The molecule has 0 aliphatic heterocycles. The quantitative estimate of drug-likeness (QED) is 0.729. The first-order valence-corrected chi connectivity index (χ1v) is 7.86. The molecule has 5 nitrogen and oxygen atoms in total. The molecule has 6 heteroatoms. The fourth-order valence-electron chi connectivity index (χ4n) is 1.99. The minimum atomic E-state index is 0.684. The van der Waals surface area contributed by atoms with Gasteiger partial charge in [0.1, 0.15) is 10.6 Å². The summed E-state index contributed by atoms with van der Waals surface area (Å²) >= 11 is 1.63. The number of anilines is 2. The standard InChI is InChI=1S/C15H17N5S/c1-2-6-17-15-19-13(12-5-9-21-14(12)20-15)18-10-11-3-7-16-8-4-11/h3-5,7-9H,2,6,10H2,1H3,(H2,17,18,19,20). The number of hydrogen-bond acceptors (Lipinski definition) is 6. The first kappa shape index (κ1) is 13.8. The van der Waals surface area contributed by atoms with E-state index in [0.29, 0.717) is 5.95 Å². The zero-order chi connectivity index (χ0) is 14.5. The summed E-state index contributed by atoms with van der Waals surface area (Å²) in [4.78, 5) is 14.1. The van der Waals surface area contributed by atoms with Crippen molar-refractivity contribution in [2.45, 2.75) is 19.9 Å². The van der Waals surface area contributed by atoms with Crippen LogP contribution in [-0.4, -0.2) is 21.5 Å². The molecule has 0 atom stereocenters. The molecule has 0 saturated heterocycles. The Morgan fingerprint density at radius 3 is 2.76 bits per heavy atom. The van der Waals surface area contributed by atoms with E-state index in [0.717, 1.165) is 35.5 Å². The Hall–Kier alpha value is -2.21. The molecule has 108 valence electrons. The summed E-state index contributed by atoms with van der Waals surface area (Å²) in [5, 5.41) is 9.75. The maximum absolute atomic E-state index is 4.58. The van der Waals surface area contributed by atoms with Gasteiger partial charge in [0.05, 0.1) is 5.39 Å². The lowest BCUT2D eigenvalue weighted by Crippen LogP contribution is -2.07. The van der Waals surface area contributed by atoms with Crippen LogP contribution in [0.25, 0.3) is 10.2 Å². The van der Waals surface area contributed by atoms with Crippen molar-refractivity contribution in [3.05, 3.63) is 41.5 Å². The van der Waals surface area contributed by atoms with Gasteiger partial charge in [-0.2, -0.15) is 4.98 Å². The maximum Gasteiger partial charge on any atom is 0.226 e. The molecule has 3 aromatic heterocycles. The Labute approximate surface area is 127 Å². The van der Waals surface area contributed by atoms with Gasteiger partial charge < -0.3 is 10.6 Å². The van der Waals surface area contributed by atoms with Crippen LogP contribution in [-0.2, 0) is 6.54 Å². The van der Waals surface area contributed by atoms with E-state index in [1.807, 2.05) is 17.5 Å². The highest BCUT2D eigenvalue weighted by Gasteiger charge is 2.08. The van der Waals surface area contributed by atoms with Gasteiger partial charge in [0.25, 0.3) is 0 Å². The van der Waals surface area contributed by atoms with Crippen LogP contribution < -0.4 is 10.6 Å². The van der Waals surface area contributed by atoms with Crippen molar-refractivity contribution < 1.29 is 0 Å². The van der Waals surface area contributed by atoms with E-state index in [4.69, 9.17) is 0 Å².